The molecule has 0 fully saturated rings. The third-order valence-corrected chi connectivity index (χ3v) is 2.86. The molecular weight excluding hydrogens is 210 g/mol. The number of nitrogens with zero attached hydrogens (tertiary/aromatic N) is 2. The summed E-state index contributed by atoms with van der Waals surface area (Å²) in [4.78, 5) is 11.7. The summed E-state index contributed by atoms with van der Waals surface area (Å²) in [7, 11) is 0. The maximum atomic E-state index is 4.50. The first-order valence-electron chi connectivity index (χ1n) is 4.56. The molecule has 2 aromatic rings. The summed E-state index contributed by atoms with van der Waals surface area (Å²) >= 11 is 1.55. The zero-order valence-electron chi connectivity index (χ0n) is 7.82. The molecule has 15 heavy (non-hydrogen) atoms. The number of hydrogen-bond acceptors (Lipinski definition) is 6. The van der Waals surface area contributed by atoms with E-state index in [2.05, 4.69) is 25.8 Å². The molecule has 2 aromatic heterocycles. The predicted molar refractivity (Wildman–Crippen MR) is 60.7 cm³/mol. The van der Waals surface area contributed by atoms with Gasteiger partial charge >= 0.3 is 0 Å². The number of pyridine rings is 2. The fourth-order valence-electron chi connectivity index (χ4n) is 1.49. The van der Waals surface area contributed by atoms with Crippen molar-refractivity contribution < 1.29 is 0 Å². The summed E-state index contributed by atoms with van der Waals surface area (Å²) < 4.78 is 0. The molecule has 0 unspecified atom stereocenters. The van der Waals surface area contributed by atoms with Crippen LogP contribution in [0.5, 0.6) is 0 Å². The second kappa shape index (κ2) is 3.65. The zero-order valence-corrected chi connectivity index (χ0v) is 8.64. The van der Waals surface area contributed by atoms with Gasteiger partial charge in [0.05, 0.1) is 17.1 Å². The molecule has 0 spiro atoms. The van der Waals surface area contributed by atoms with Crippen LogP contribution in [0.1, 0.15) is 5.69 Å². The predicted octanol–water partition coefficient (Wildman–Crippen LogP) is 1.21. The molecular formula is C9H9N5S. The molecule has 6 heteroatoms. The molecule has 5 nitrogen and oxygen atoms in total. The quantitative estimate of drug-likeness (QED) is 0.579. The second-order valence-corrected chi connectivity index (χ2v) is 3.95. The highest BCUT2D eigenvalue weighted by atomic mass is 32.2. The average molecular weight is 219 g/mol. The van der Waals surface area contributed by atoms with Crippen molar-refractivity contribution in [1.29, 1.82) is 0 Å². The van der Waals surface area contributed by atoms with Gasteiger partial charge in [0.2, 0.25) is 0 Å². The van der Waals surface area contributed by atoms with Crippen LogP contribution in [-0.2, 0) is 5.75 Å². The molecule has 0 saturated carbocycles. The van der Waals surface area contributed by atoms with Gasteiger partial charge in [0.25, 0.3) is 0 Å². The molecule has 1 aliphatic rings. The van der Waals surface area contributed by atoms with Crippen LogP contribution < -0.4 is 15.8 Å². The van der Waals surface area contributed by atoms with Crippen LogP contribution in [0.15, 0.2) is 24.4 Å². The first-order chi connectivity index (χ1) is 7.43. The van der Waals surface area contributed by atoms with E-state index in [1.54, 1.807) is 18.1 Å². The summed E-state index contributed by atoms with van der Waals surface area (Å²) in [6.45, 7) is 0. The second-order valence-electron chi connectivity index (χ2n) is 3.17. The Labute approximate surface area is 90.8 Å². The van der Waals surface area contributed by atoms with Crippen molar-refractivity contribution in [2.24, 2.45) is 0 Å². The first-order valence-corrected chi connectivity index (χ1v) is 5.54. The topological polar surface area (TPSA) is 61.9 Å². The standard InChI is InChI=1S/C9H9N5S/c1-2-6-4-7-8(5-15-14-13-12-7)11-9(6)10-3-1/h1-4,12-14H,5H2. The minimum atomic E-state index is 0.792. The highest BCUT2D eigenvalue weighted by Crippen LogP contribution is 2.23. The number of aromatic nitrogens is 2. The Hall–Kier alpha value is -1.37. The number of anilines is 1. The Morgan fingerprint density at radius 2 is 2.40 bits per heavy atom. The fraction of sp³-hybridized carbons (Fsp3) is 0.111. The van der Waals surface area contributed by atoms with E-state index in [1.165, 1.54) is 0 Å². The Morgan fingerprint density at radius 3 is 3.40 bits per heavy atom. The molecule has 3 heterocycles. The van der Waals surface area contributed by atoms with Gasteiger partial charge in [-0.2, -0.15) is 10.4 Å². The van der Waals surface area contributed by atoms with E-state index < -0.39 is 0 Å². The van der Waals surface area contributed by atoms with Crippen molar-refractivity contribution in [3.05, 3.63) is 30.1 Å². The van der Waals surface area contributed by atoms with Crippen LogP contribution in [-0.4, -0.2) is 9.97 Å². The first kappa shape index (κ1) is 8.90. The van der Waals surface area contributed by atoms with E-state index in [0.717, 1.165) is 28.2 Å². The van der Waals surface area contributed by atoms with Crippen molar-refractivity contribution in [3.8, 4) is 0 Å². The van der Waals surface area contributed by atoms with Crippen molar-refractivity contribution >= 4 is 28.7 Å². The van der Waals surface area contributed by atoms with Crippen LogP contribution in [0.2, 0.25) is 0 Å². The lowest BCUT2D eigenvalue weighted by molar-refractivity contribution is 0.804. The van der Waals surface area contributed by atoms with E-state index in [-0.39, 0.29) is 0 Å². The molecule has 0 radical (unpaired) electrons. The van der Waals surface area contributed by atoms with Crippen molar-refractivity contribution in [3.63, 3.8) is 0 Å². The lowest BCUT2D eigenvalue weighted by Gasteiger charge is -2.06. The van der Waals surface area contributed by atoms with E-state index in [4.69, 9.17) is 0 Å². The maximum absolute atomic E-state index is 4.50. The molecule has 3 rings (SSSR count). The van der Waals surface area contributed by atoms with Gasteiger partial charge in [-0.25, -0.2) is 9.97 Å². The number of fused-ring (bicyclic) bond motifs is 2. The van der Waals surface area contributed by atoms with Gasteiger partial charge in [-0.1, -0.05) is 11.9 Å². The highest BCUT2D eigenvalue weighted by molar-refractivity contribution is 7.96. The number of nitrogens with one attached hydrogen (secondary N) is 3. The van der Waals surface area contributed by atoms with Gasteiger partial charge in [0.15, 0.2) is 5.65 Å². The van der Waals surface area contributed by atoms with Crippen LogP contribution in [0.3, 0.4) is 0 Å². The molecule has 3 N–H and O–H groups in total. The monoisotopic (exact) mass is 219 g/mol. The summed E-state index contributed by atoms with van der Waals surface area (Å²) in [5.74, 6) is 0.807. The van der Waals surface area contributed by atoms with Crippen LogP contribution in [0.25, 0.3) is 11.0 Å². The van der Waals surface area contributed by atoms with Crippen LogP contribution in [0.4, 0.5) is 5.69 Å². The minimum absolute atomic E-state index is 0.792. The molecule has 76 valence electrons. The van der Waals surface area contributed by atoms with Gasteiger partial charge in [-0.3, -0.25) is 0 Å². The molecule has 0 aromatic carbocycles. The smallest absolute Gasteiger partial charge is 0.159 e. The number of rotatable bonds is 0. The van der Waals surface area contributed by atoms with Crippen LogP contribution >= 0.6 is 11.9 Å². The lowest BCUT2D eigenvalue weighted by atomic mass is 10.2. The van der Waals surface area contributed by atoms with E-state index in [0.29, 0.717) is 0 Å². The van der Waals surface area contributed by atoms with E-state index >= 15 is 0 Å². The summed E-state index contributed by atoms with van der Waals surface area (Å²) in [6, 6.07) is 5.96. The third-order valence-electron chi connectivity index (χ3n) is 2.20. The summed E-state index contributed by atoms with van der Waals surface area (Å²) in [6.07, 6.45) is 1.76. The van der Waals surface area contributed by atoms with E-state index in [9.17, 15) is 0 Å². The average Bonchev–Trinajstić information content (AvgIpc) is 2.50. The zero-order chi connectivity index (χ0) is 10.1. The van der Waals surface area contributed by atoms with Gasteiger partial charge in [0.1, 0.15) is 0 Å². The highest BCUT2D eigenvalue weighted by Gasteiger charge is 2.09. The van der Waals surface area contributed by atoms with Crippen molar-refractivity contribution in [2.45, 2.75) is 5.75 Å². The van der Waals surface area contributed by atoms with E-state index in [1.807, 2.05) is 18.2 Å². The molecule has 0 bridgehead atoms. The van der Waals surface area contributed by atoms with Crippen molar-refractivity contribution in [1.82, 2.24) is 20.3 Å². The number of hydrogen-bond donors (Lipinski definition) is 3. The largest absolute Gasteiger partial charge is 0.306 e. The summed E-state index contributed by atoms with van der Waals surface area (Å²) in [5.41, 5.74) is 8.70. The van der Waals surface area contributed by atoms with Crippen LogP contribution in [0, 0.1) is 0 Å². The normalized spacial score (nSPS) is 15.5. The Balaban J connectivity index is 2.20. The van der Waals surface area contributed by atoms with Gasteiger partial charge in [-0.05, 0) is 18.2 Å². The molecule has 0 amide bonds. The fourth-order valence-corrected chi connectivity index (χ4v) is 2.05. The van der Waals surface area contributed by atoms with Gasteiger partial charge < -0.3 is 5.43 Å². The molecule has 0 atom stereocenters. The van der Waals surface area contributed by atoms with Gasteiger partial charge in [-0.15, -0.1) is 0 Å². The SMILES string of the molecule is c1cnc2nc3c(cc2c1)NNNSC3. The minimum Gasteiger partial charge on any atom is -0.306 e. The van der Waals surface area contributed by atoms with Gasteiger partial charge in [0, 0.05) is 11.6 Å². The number of hydrazine groups is 2. The molecule has 0 saturated heterocycles. The molecule has 0 aliphatic carbocycles. The lowest BCUT2D eigenvalue weighted by Crippen LogP contribution is -2.29. The Kier molecular flexibility index (Phi) is 2.17. The Bertz CT molecular complexity index is 456. The molecule has 1 aliphatic heterocycles. The summed E-state index contributed by atoms with van der Waals surface area (Å²) in [5, 5.41) is 1.04. The third kappa shape index (κ3) is 1.63. The van der Waals surface area contributed by atoms with Crippen molar-refractivity contribution in [2.75, 3.05) is 5.43 Å². The Morgan fingerprint density at radius 1 is 1.40 bits per heavy atom. The maximum Gasteiger partial charge on any atom is 0.159 e.